The maximum absolute atomic E-state index is 9.31. The van der Waals surface area contributed by atoms with Gasteiger partial charge in [0.05, 0.1) is 15.7 Å². The average molecular weight is 301 g/mol. The van der Waals surface area contributed by atoms with Crippen molar-refractivity contribution >= 4 is 57.0 Å². The maximum atomic E-state index is 9.31. The first-order valence-electron chi connectivity index (χ1n) is 5.02. The minimum absolute atomic E-state index is 0.139. The Morgan fingerprint density at radius 3 is 2.11 bits per heavy atom. The summed E-state index contributed by atoms with van der Waals surface area (Å²) >= 11 is 8.34. The van der Waals surface area contributed by atoms with Gasteiger partial charge in [0.2, 0.25) is 0 Å². The molecule has 0 aliphatic heterocycles. The van der Waals surface area contributed by atoms with Gasteiger partial charge < -0.3 is 0 Å². The van der Waals surface area contributed by atoms with Crippen molar-refractivity contribution in [2.75, 3.05) is 0 Å². The number of thiol groups is 2. The van der Waals surface area contributed by atoms with Crippen molar-refractivity contribution in [3.05, 3.63) is 29.3 Å². The van der Waals surface area contributed by atoms with Crippen LogP contribution in [0.5, 0.6) is 0 Å². The van der Waals surface area contributed by atoms with Crippen LogP contribution in [-0.4, -0.2) is 15.2 Å². The van der Waals surface area contributed by atoms with Gasteiger partial charge in [0, 0.05) is 13.8 Å². The highest BCUT2D eigenvalue weighted by atomic mass is 32.1. The summed E-state index contributed by atoms with van der Waals surface area (Å²) in [5, 5.41) is -0.278. The molecular weight excluding hydrogens is 286 g/mol. The molecule has 0 atom stereocenters. The molecule has 0 saturated heterocycles. The zero-order valence-electron chi connectivity index (χ0n) is 10.4. The highest BCUT2D eigenvalue weighted by Crippen LogP contribution is 2.19. The average Bonchev–Trinajstić information content (AvgIpc) is 2.65. The number of fused-ring (bicyclic) bond motifs is 1. The maximum Gasteiger partial charge on any atom is 0.182 e. The molecule has 0 unspecified atom stereocenters. The zero-order valence-corrected chi connectivity index (χ0v) is 13.0. The molecule has 2 aromatic rings. The number of hydrogen-bond acceptors (Lipinski definition) is 4. The molecule has 0 saturated carbocycles. The van der Waals surface area contributed by atoms with Crippen LogP contribution in [-0.2, 0) is 9.59 Å². The van der Waals surface area contributed by atoms with Crippen LogP contribution in [0.2, 0.25) is 0 Å². The summed E-state index contributed by atoms with van der Waals surface area (Å²) in [5.41, 5.74) is 4.30. The lowest BCUT2D eigenvalue weighted by Gasteiger charge is -1.90. The van der Waals surface area contributed by atoms with Gasteiger partial charge in [-0.15, -0.1) is 36.6 Å². The highest BCUT2D eigenvalue weighted by molar-refractivity contribution is 7.96. The number of aryl methyl sites for hydroxylation is 1. The number of benzene rings is 1. The number of rotatable bonds is 0. The van der Waals surface area contributed by atoms with Gasteiger partial charge in [-0.05, 0) is 18.6 Å². The molecule has 0 bridgehead atoms. The molecule has 1 aromatic heterocycles. The van der Waals surface area contributed by atoms with Crippen LogP contribution in [0.4, 0.5) is 0 Å². The third-order valence-corrected chi connectivity index (χ3v) is 2.36. The molecule has 0 spiro atoms. The highest BCUT2D eigenvalue weighted by Gasteiger charge is 1.96. The molecule has 0 aliphatic carbocycles. The van der Waals surface area contributed by atoms with Crippen LogP contribution in [0.15, 0.2) is 23.7 Å². The van der Waals surface area contributed by atoms with Crippen LogP contribution >= 0.6 is 36.6 Å². The van der Waals surface area contributed by atoms with Gasteiger partial charge in [-0.1, -0.05) is 12.1 Å². The van der Waals surface area contributed by atoms with Crippen LogP contribution in [0.1, 0.15) is 19.4 Å². The first kappa shape index (κ1) is 17.2. The lowest BCUT2D eigenvalue weighted by Crippen LogP contribution is -1.72. The second kappa shape index (κ2) is 9.13. The van der Waals surface area contributed by atoms with E-state index in [2.05, 4.69) is 55.4 Å². The number of para-hydroxylation sites is 1. The fourth-order valence-corrected chi connectivity index (χ4v) is 1.78. The molecule has 0 radical (unpaired) electrons. The number of aromatic nitrogens is 1. The summed E-state index contributed by atoms with van der Waals surface area (Å²) in [6.07, 6.45) is 0. The largest absolute Gasteiger partial charge is 0.288 e. The normalized spacial score (nSPS) is 8.72. The Morgan fingerprint density at radius 1 is 1.17 bits per heavy atom. The lowest BCUT2D eigenvalue weighted by atomic mass is 10.2. The number of nitrogens with zero attached hydrogens (tertiary/aromatic N) is 1. The molecular formula is C12H15NO2S3. The van der Waals surface area contributed by atoms with Crippen molar-refractivity contribution in [3.8, 4) is 0 Å². The molecule has 0 aliphatic rings. The summed E-state index contributed by atoms with van der Waals surface area (Å²) in [5.74, 6) is 0. The van der Waals surface area contributed by atoms with Gasteiger partial charge in [-0.25, -0.2) is 4.98 Å². The van der Waals surface area contributed by atoms with Crippen LogP contribution in [0.3, 0.4) is 0 Å². The molecule has 1 aromatic carbocycles. The fourth-order valence-electron chi connectivity index (χ4n) is 1.03. The molecule has 1 heterocycles. The predicted molar refractivity (Wildman–Crippen MR) is 83.7 cm³/mol. The topological polar surface area (TPSA) is 47.0 Å². The van der Waals surface area contributed by atoms with E-state index in [1.54, 1.807) is 11.3 Å². The second-order valence-electron chi connectivity index (χ2n) is 3.31. The lowest BCUT2D eigenvalue weighted by molar-refractivity contribution is -0.109. The summed E-state index contributed by atoms with van der Waals surface area (Å²) in [6, 6.07) is 6.25. The Morgan fingerprint density at radius 2 is 1.67 bits per heavy atom. The molecule has 2 rings (SSSR count). The Kier molecular flexibility index (Phi) is 8.70. The minimum atomic E-state index is -0.139. The van der Waals surface area contributed by atoms with Gasteiger partial charge in [-0.2, -0.15) is 0 Å². The van der Waals surface area contributed by atoms with E-state index in [0.717, 1.165) is 5.52 Å². The standard InChI is InChI=1S/C8H7NS.2C2H4OS/c1-6-3-2-4-7-8(6)9-5-10-7;2*1-2(3)4/h2-5H,1H3;2*1H3,(H,3,4). The van der Waals surface area contributed by atoms with E-state index < -0.39 is 0 Å². The van der Waals surface area contributed by atoms with Crippen LogP contribution < -0.4 is 0 Å². The third kappa shape index (κ3) is 8.27. The van der Waals surface area contributed by atoms with Crippen molar-refractivity contribution in [2.24, 2.45) is 0 Å². The van der Waals surface area contributed by atoms with Crippen LogP contribution in [0.25, 0.3) is 10.2 Å². The number of thiazole rings is 1. The van der Waals surface area contributed by atoms with E-state index >= 15 is 0 Å². The van der Waals surface area contributed by atoms with Crippen molar-refractivity contribution < 1.29 is 9.59 Å². The molecule has 0 fully saturated rings. The quantitative estimate of drug-likeness (QED) is 0.732. The van der Waals surface area contributed by atoms with E-state index in [0.29, 0.717) is 0 Å². The molecule has 18 heavy (non-hydrogen) atoms. The third-order valence-electron chi connectivity index (χ3n) is 1.56. The van der Waals surface area contributed by atoms with Crippen molar-refractivity contribution in [1.82, 2.24) is 4.98 Å². The number of carbonyl (C=O) groups is 2. The Hall–Kier alpha value is -0.850. The van der Waals surface area contributed by atoms with Crippen LogP contribution in [0, 0.1) is 6.92 Å². The van der Waals surface area contributed by atoms with Gasteiger partial charge in [0.1, 0.15) is 0 Å². The first-order chi connectivity index (χ1) is 8.34. The van der Waals surface area contributed by atoms with E-state index in [9.17, 15) is 9.59 Å². The van der Waals surface area contributed by atoms with Crippen molar-refractivity contribution in [2.45, 2.75) is 20.8 Å². The van der Waals surface area contributed by atoms with Crippen molar-refractivity contribution in [3.63, 3.8) is 0 Å². The summed E-state index contributed by atoms with van der Waals surface area (Å²) in [7, 11) is 0. The van der Waals surface area contributed by atoms with Gasteiger partial charge in [0.25, 0.3) is 0 Å². The minimum Gasteiger partial charge on any atom is -0.288 e. The Bertz CT molecular complexity index is 503. The SMILES string of the molecule is CC(=O)S.CC(=O)S.Cc1cccc2scnc12. The summed E-state index contributed by atoms with van der Waals surface area (Å²) in [4.78, 5) is 22.9. The van der Waals surface area contributed by atoms with E-state index in [1.807, 2.05) is 5.51 Å². The van der Waals surface area contributed by atoms with Crippen molar-refractivity contribution in [1.29, 1.82) is 0 Å². The second-order valence-corrected chi connectivity index (χ2v) is 5.46. The molecule has 0 amide bonds. The summed E-state index contributed by atoms with van der Waals surface area (Å²) in [6.45, 7) is 4.87. The Labute approximate surface area is 121 Å². The van der Waals surface area contributed by atoms with Gasteiger partial charge >= 0.3 is 0 Å². The zero-order chi connectivity index (χ0) is 14.1. The monoisotopic (exact) mass is 301 g/mol. The smallest absolute Gasteiger partial charge is 0.182 e. The van der Waals surface area contributed by atoms with Gasteiger partial charge in [-0.3, -0.25) is 9.59 Å². The summed E-state index contributed by atoms with van der Waals surface area (Å²) < 4.78 is 1.28. The fraction of sp³-hybridized carbons (Fsp3) is 0.250. The molecule has 3 nitrogen and oxygen atoms in total. The van der Waals surface area contributed by atoms with E-state index in [4.69, 9.17) is 0 Å². The molecule has 98 valence electrons. The van der Waals surface area contributed by atoms with E-state index in [1.165, 1.54) is 24.1 Å². The Balaban J connectivity index is 0.000000307. The molecule has 6 heteroatoms. The number of hydrogen-bond donors (Lipinski definition) is 2. The number of carbonyl (C=O) groups excluding carboxylic acids is 2. The predicted octanol–water partition coefficient (Wildman–Crippen LogP) is 3.53. The van der Waals surface area contributed by atoms with Gasteiger partial charge in [0.15, 0.2) is 10.2 Å². The molecule has 0 N–H and O–H groups in total. The first-order valence-corrected chi connectivity index (χ1v) is 6.80. The van der Waals surface area contributed by atoms with E-state index in [-0.39, 0.29) is 10.2 Å².